The maximum absolute atomic E-state index is 12.7. The topological polar surface area (TPSA) is 91.4 Å². The minimum absolute atomic E-state index is 0.0435. The van der Waals surface area contributed by atoms with Crippen LogP contribution >= 0.6 is 0 Å². The van der Waals surface area contributed by atoms with Crippen LogP contribution in [0.3, 0.4) is 0 Å². The molecule has 0 N–H and O–H groups in total. The van der Waals surface area contributed by atoms with Gasteiger partial charge < -0.3 is 9.15 Å². The van der Waals surface area contributed by atoms with Crippen LogP contribution in [-0.4, -0.2) is 15.7 Å². The molecule has 0 aliphatic carbocycles. The molecule has 0 aliphatic rings. The third kappa shape index (κ3) is 3.20. The van der Waals surface area contributed by atoms with E-state index < -0.39 is 11.6 Å². The lowest BCUT2D eigenvalue weighted by Crippen LogP contribution is -2.23. The van der Waals surface area contributed by atoms with Crippen molar-refractivity contribution in [1.29, 1.82) is 0 Å². The van der Waals surface area contributed by atoms with E-state index in [1.165, 1.54) is 13.1 Å². The van der Waals surface area contributed by atoms with Crippen molar-refractivity contribution in [2.24, 2.45) is 7.05 Å². The number of esters is 1. The van der Waals surface area contributed by atoms with E-state index in [-0.39, 0.29) is 17.9 Å². The van der Waals surface area contributed by atoms with Crippen LogP contribution in [0.2, 0.25) is 0 Å². The van der Waals surface area contributed by atoms with E-state index in [2.05, 4.69) is 5.10 Å². The molecule has 0 saturated carbocycles. The number of nitrogens with zero attached hydrogens (tertiary/aromatic N) is 2. The Labute approximate surface area is 165 Å². The van der Waals surface area contributed by atoms with Gasteiger partial charge in [-0.3, -0.25) is 4.79 Å². The lowest BCUT2D eigenvalue weighted by Gasteiger charge is -2.11. The van der Waals surface area contributed by atoms with E-state index in [4.69, 9.17) is 9.15 Å². The van der Waals surface area contributed by atoms with Crippen LogP contribution in [0, 0.1) is 13.8 Å². The Hall–Kier alpha value is -3.74. The van der Waals surface area contributed by atoms with Gasteiger partial charge >= 0.3 is 11.6 Å². The number of fused-ring (bicyclic) bond motifs is 2. The fourth-order valence-corrected chi connectivity index (χ4v) is 3.31. The molecule has 2 heterocycles. The van der Waals surface area contributed by atoms with Crippen molar-refractivity contribution in [3.63, 3.8) is 0 Å². The second-order valence-electron chi connectivity index (χ2n) is 6.87. The minimum Gasteiger partial charge on any atom is -0.456 e. The zero-order valence-corrected chi connectivity index (χ0v) is 16.2. The number of aryl methyl sites for hydroxylation is 3. The number of hydrogen-bond donors (Lipinski definition) is 0. The van der Waals surface area contributed by atoms with Gasteiger partial charge in [-0.15, -0.1) is 0 Å². The van der Waals surface area contributed by atoms with Gasteiger partial charge in [-0.25, -0.2) is 14.3 Å². The summed E-state index contributed by atoms with van der Waals surface area (Å²) in [7, 11) is 1.48. The third-order valence-corrected chi connectivity index (χ3v) is 5.03. The van der Waals surface area contributed by atoms with E-state index in [0.717, 1.165) is 15.8 Å². The van der Waals surface area contributed by atoms with Gasteiger partial charge in [0.1, 0.15) is 12.2 Å². The molecule has 4 aromatic rings. The van der Waals surface area contributed by atoms with Gasteiger partial charge in [-0.05, 0) is 31.0 Å². The second-order valence-corrected chi connectivity index (χ2v) is 6.87. The molecule has 0 bridgehead atoms. The Morgan fingerprint density at radius 3 is 2.55 bits per heavy atom. The number of rotatable bonds is 3. The highest BCUT2D eigenvalue weighted by molar-refractivity contribution is 6.02. The first-order valence-electron chi connectivity index (χ1n) is 9.03. The minimum atomic E-state index is -0.679. The standard InChI is InChI=1S/C22H18N2O5/c1-12-8-9-15-14(10-18(25)29-20(15)13(12)2)11-28-22(27)19-16-6-4-5-7-17(16)21(26)24(3)23-19/h4-10H,11H2,1-3H3. The fourth-order valence-electron chi connectivity index (χ4n) is 3.31. The summed E-state index contributed by atoms with van der Waals surface area (Å²) >= 11 is 0. The third-order valence-electron chi connectivity index (χ3n) is 5.03. The summed E-state index contributed by atoms with van der Waals surface area (Å²) in [5.74, 6) is -0.679. The average molecular weight is 390 g/mol. The Balaban J connectivity index is 1.73. The Morgan fingerprint density at radius 2 is 1.79 bits per heavy atom. The predicted octanol–water partition coefficient (Wildman–Crippen LogP) is 3.01. The highest BCUT2D eigenvalue weighted by atomic mass is 16.5. The maximum Gasteiger partial charge on any atom is 0.359 e. The summed E-state index contributed by atoms with van der Waals surface area (Å²) in [5.41, 5.74) is 2.12. The van der Waals surface area contributed by atoms with Crippen molar-refractivity contribution in [1.82, 2.24) is 9.78 Å². The molecule has 2 aromatic carbocycles. The van der Waals surface area contributed by atoms with Crippen molar-refractivity contribution in [3.8, 4) is 0 Å². The van der Waals surface area contributed by atoms with Gasteiger partial charge in [-0.2, -0.15) is 5.10 Å². The predicted molar refractivity (Wildman–Crippen MR) is 108 cm³/mol. The van der Waals surface area contributed by atoms with E-state index in [1.807, 2.05) is 26.0 Å². The van der Waals surface area contributed by atoms with Gasteiger partial charge in [0.25, 0.3) is 5.56 Å². The van der Waals surface area contributed by atoms with Crippen LogP contribution in [0.25, 0.3) is 21.7 Å². The molecule has 0 unspecified atom stereocenters. The quantitative estimate of drug-likeness (QED) is 0.394. The molecule has 4 rings (SSSR count). The molecule has 7 heteroatoms. The molecule has 29 heavy (non-hydrogen) atoms. The number of hydrogen-bond acceptors (Lipinski definition) is 6. The Bertz CT molecular complexity index is 1400. The highest BCUT2D eigenvalue weighted by Crippen LogP contribution is 2.24. The number of carbonyl (C=O) groups is 1. The number of ether oxygens (including phenoxy) is 1. The molecule has 0 saturated heterocycles. The molecule has 0 atom stereocenters. The molecular formula is C22H18N2O5. The van der Waals surface area contributed by atoms with Crippen molar-refractivity contribution >= 4 is 27.7 Å². The highest BCUT2D eigenvalue weighted by Gasteiger charge is 2.18. The van der Waals surface area contributed by atoms with Crippen LogP contribution in [0.4, 0.5) is 0 Å². The molecule has 0 radical (unpaired) electrons. The molecule has 0 spiro atoms. The van der Waals surface area contributed by atoms with Crippen LogP contribution in [0.5, 0.6) is 0 Å². The van der Waals surface area contributed by atoms with Crippen LogP contribution in [0.1, 0.15) is 27.2 Å². The summed E-state index contributed by atoms with van der Waals surface area (Å²) in [6.45, 7) is 3.68. The summed E-state index contributed by atoms with van der Waals surface area (Å²) in [6.07, 6.45) is 0. The Kier molecular flexibility index (Phi) is 4.50. The van der Waals surface area contributed by atoms with E-state index in [1.54, 1.807) is 24.3 Å². The first-order chi connectivity index (χ1) is 13.9. The van der Waals surface area contributed by atoms with Gasteiger partial charge in [0.05, 0.1) is 5.39 Å². The normalized spacial score (nSPS) is 11.1. The molecule has 146 valence electrons. The maximum atomic E-state index is 12.7. The summed E-state index contributed by atoms with van der Waals surface area (Å²) in [6, 6.07) is 11.8. The monoisotopic (exact) mass is 390 g/mol. The van der Waals surface area contributed by atoms with Gasteiger partial charge in [-0.1, -0.05) is 30.3 Å². The van der Waals surface area contributed by atoms with Gasteiger partial charge in [0.2, 0.25) is 0 Å². The van der Waals surface area contributed by atoms with Crippen molar-refractivity contribution in [2.75, 3.05) is 0 Å². The van der Waals surface area contributed by atoms with Gasteiger partial charge in [0.15, 0.2) is 5.69 Å². The summed E-state index contributed by atoms with van der Waals surface area (Å²) < 4.78 is 11.9. The summed E-state index contributed by atoms with van der Waals surface area (Å²) in [4.78, 5) is 36.9. The zero-order valence-electron chi connectivity index (χ0n) is 16.2. The first kappa shape index (κ1) is 18.6. The Morgan fingerprint density at radius 1 is 1.07 bits per heavy atom. The lowest BCUT2D eigenvalue weighted by molar-refractivity contribution is 0.0466. The molecule has 0 fully saturated rings. The molecule has 0 aliphatic heterocycles. The zero-order chi connectivity index (χ0) is 20.7. The van der Waals surface area contributed by atoms with Crippen LogP contribution in [-0.2, 0) is 18.4 Å². The largest absolute Gasteiger partial charge is 0.456 e. The average Bonchev–Trinajstić information content (AvgIpc) is 2.71. The lowest BCUT2D eigenvalue weighted by atomic mass is 10.0. The van der Waals surface area contributed by atoms with E-state index >= 15 is 0 Å². The number of benzene rings is 2. The van der Waals surface area contributed by atoms with Crippen molar-refractivity contribution < 1.29 is 13.9 Å². The van der Waals surface area contributed by atoms with Crippen molar-refractivity contribution in [2.45, 2.75) is 20.5 Å². The smallest absolute Gasteiger partial charge is 0.359 e. The van der Waals surface area contributed by atoms with Crippen LogP contribution < -0.4 is 11.2 Å². The molecule has 0 amide bonds. The van der Waals surface area contributed by atoms with Crippen molar-refractivity contribution in [3.05, 3.63) is 85.6 Å². The number of aromatic nitrogens is 2. The number of carbonyl (C=O) groups excluding carboxylic acids is 1. The molecule has 2 aromatic heterocycles. The first-order valence-corrected chi connectivity index (χ1v) is 9.03. The summed E-state index contributed by atoms with van der Waals surface area (Å²) in [5, 5.41) is 5.58. The van der Waals surface area contributed by atoms with Crippen LogP contribution in [0.15, 0.2) is 56.5 Å². The molecule has 7 nitrogen and oxygen atoms in total. The SMILES string of the molecule is Cc1ccc2c(COC(=O)c3nn(C)c(=O)c4ccccc34)cc(=O)oc2c1C. The van der Waals surface area contributed by atoms with E-state index in [9.17, 15) is 14.4 Å². The second kappa shape index (κ2) is 7.01. The fraction of sp³-hybridized carbons (Fsp3) is 0.182. The van der Waals surface area contributed by atoms with E-state index in [0.29, 0.717) is 27.3 Å². The van der Waals surface area contributed by atoms with Gasteiger partial charge in [0, 0.05) is 29.4 Å². The molecular weight excluding hydrogens is 372 g/mol.